The molecule has 2 aliphatic heterocycles. The summed E-state index contributed by atoms with van der Waals surface area (Å²) >= 11 is 0. The van der Waals surface area contributed by atoms with Crippen LogP contribution in [-0.4, -0.2) is 31.7 Å². The van der Waals surface area contributed by atoms with Gasteiger partial charge in [-0.2, -0.15) is 0 Å². The zero-order valence-corrected chi connectivity index (χ0v) is 20.3. The molecule has 3 aromatic rings. The molecule has 9 nitrogen and oxygen atoms in total. The average Bonchev–Trinajstić information content (AvgIpc) is 3.38. The van der Waals surface area contributed by atoms with Gasteiger partial charge in [-0.05, 0) is 65.6 Å². The molecule has 1 fully saturated rings. The number of benzene rings is 3. The van der Waals surface area contributed by atoms with Crippen LogP contribution in [0.4, 0.5) is 10.5 Å². The molecule has 5 rings (SSSR count). The van der Waals surface area contributed by atoms with Crippen LogP contribution in [0, 0.1) is 0 Å². The van der Waals surface area contributed by atoms with Gasteiger partial charge < -0.3 is 18.9 Å². The van der Waals surface area contributed by atoms with Crippen LogP contribution in [0.25, 0.3) is 6.08 Å². The van der Waals surface area contributed by atoms with Gasteiger partial charge in [0.25, 0.3) is 11.8 Å². The van der Waals surface area contributed by atoms with Gasteiger partial charge in [-0.15, -0.1) is 0 Å². The number of fused-ring (bicyclic) bond motifs is 1. The molecule has 1 saturated heterocycles. The number of carbonyl (C=O) groups excluding carboxylic acids is 3. The molecule has 0 unspecified atom stereocenters. The second-order valence-electron chi connectivity index (χ2n) is 8.36. The number of nitrogens with zero attached hydrogens (tertiary/aromatic N) is 1. The second kappa shape index (κ2) is 10.1. The van der Waals surface area contributed by atoms with E-state index < -0.39 is 17.8 Å². The van der Waals surface area contributed by atoms with E-state index in [0.717, 1.165) is 22.4 Å². The van der Waals surface area contributed by atoms with E-state index in [4.69, 9.17) is 18.9 Å². The predicted octanol–water partition coefficient (Wildman–Crippen LogP) is 4.23. The molecule has 2 aliphatic rings. The van der Waals surface area contributed by atoms with Crippen LogP contribution in [-0.2, 0) is 22.6 Å². The van der Waals surface area contributed by atoms with Gasteiger partial charge >= 0.3 is 6.03 Å². The first-order chi connectivity index (χ1) is 18.0. The first-order valence-corrected chi connectivity index (χ1v) is 11.7. The highest BCUT2D eigenvalue weighted by molar-refractivity contribution is 6.39. The smallest absolute Gasteiger partial charge is 0.335 e. The fourth-order valence-corrected chi connectivity index (χ4v) is 4.02. The van der Waals surface area contributed by atoms with Crippen molar-refractivity contribution in [2.24, 2.45) is 0 Å². The Morgan fingerprint density at radius 1 is 0.919 bits per heavy atom. The quantitative estimate of drug-likeness (QED) is 0.382. The molecule has 0 aromatic heterocycles. The summed E-state index contributed by atoms with van der Waals surface area (Å²) in [6, 6.07) is 16.8. The van der Waals surface area contributed by atoms with E-state index in [2.05, 4.69) is 5.32 Å². The zero-order chi connectivity index (χ0) is 25.9. The second-order valence-corrected chi connectivity index (χ2v) is 8.36. The third kappa shape index (κ3) is 4.84. The molecule has 188 valence electrons. The number of aryl methyl sites for hydroxylation is 1. The summed E-state index contributed by atoms with van der Waals surface area (Å²) in [6.07, 6.45) is 2.24. The van der Waals surface area contributed by atoms with E-state index in [1.807, 2.05) is 37.3 Å². The first kappa shape index (κ1) is 23.9. The molecule has 1 N–H and O–H groups in total. The highest BCUT2D eigenvalue weighted by Gasteiger charge is 2.36. The van der Waals surface area contributed by atoms with Crippen LogP contribution in [0.15, 0.2) is 66.2 Å². The maximum Gasteiger partial charge on any atom is 0.335 e. The molecule has 0 aliphatic carbocycles. The Morgan fingerprint density at radius 2 is 1.68 bits per heavy atom. The molecule has 0 atom stereocenters. The Morgan fingerprint density at radius 3 is 2.43 bits per heavy atom. The summed E-state index contributed by atoms with van der Waals surface area (Å²) in [4.78, 5) is 39.1. The molecule has 0 spiro atoms. The van der Waals surface area contributed by atoms with Gasteiger partial charge in [0.15, 0.2) is 23.0 Å². The SMILES string of the molecule is CCc1ccc(N2C(=O)NC(=O)/C(=C/c3ccc(OCc4ccc5c(c4)OCO5)c(OC)c3)C2=O)cc1. The standard InChI is InChI=1S/C28H24N2O7/c1-3-17-4-8-20(9-5-17)30-27(32)21(26(31)29-28(30)33)12-18-6-10-22(24(13-18)34-2)35-15-19-7-11-23-25(14-19)37-16-36-23/h4-14H,3,15-16H2,1-2H3,(H,29,31,33)/b21-12-. The van der Waals surface area contributed by atoms with Gasteiger partial charge in [-0.25, -0.2) is 9.69 Å². The van der Waals surface area contributed by atoms with Gasteiger partial charge in [0.2, 0.25) is 6.79 Å². The molecular weight excluding hydrogens is 476 g/mol. The first-order valence-electron chi connectivity index (χ1n) is 11.7. The number of anilines is 1. The van der Waals surface area contributed by atoms with Gasteiger partial charge in [0, 0.05) is 0 Å². The Bertz CT molecular complexity index is 1410. The lowest BCUT2D eigenvalue weighted by Crippen LogP contribution is -2.54. The zero-order valence-electron chi connectivity index (χ0n) is 20.3. The van der Waals surface area contributed by atoms with Crippen LogP contribution in [0.2, 0.25) is 0 Å². The molecular formula is C28H24N2O7. The maximum atomic E-state index is 13.2. The molecule has 37 heavy (non-hydrogen) atoms. The number of carbonyl (C=O) groups is 3. The van der Waals surface area contributed by atoms with Gasteiger partial charge in [0.05, 0.1) is 12.8 Å². The Labute approximate surface area is 213 Å². The molecule has 0 saturated carbocycles. The lowest BCUT2D eigenvalue weighted by molar-refractivity contribution is -0.122. The number of rotatable bonds is 7. The van der Waals surface area contributed by atoms with Crippen molar-refractivity contribution in [3.8, 4) is 23.0 Å². The summed E-state index contributed by atoms with van der Waals surface area (Å²) < 4.78 is 22.1. The monoisotopic (exact) mass is 500 g/mol. The summed E-state index contributed by atoms with van der Waals surface area (Å²) in [5.41, 5.74) is 2.69. The van der Waals surface area contributed by atoms with E-state index in [0.29, 0.717) is 34.2 Å². The minimum atomic E-state index is -0.791. The largest absolute Gasteiger partial charge is 0.493 e. The lowest BCUT2D eigenvalue weighted by Gasteiger charge is -2.26. The van der Waals surface area contributed by atoms with Crippen molar-refractivity contribution in [3.63, 3.8) is 0 Å². The van der Waals surface area contributed by atoms with Crippen molar-refractivity contribution in [3.05, 3.63) is 82.9 Å². The van der Waals surface area contributed by atoms with Crippen LogP contribution in [0.5, 0.6) is 23.0 Å². The van der Waals surface area contributed by atoms with Crippen LogP contribution in [0.1, 0.15) is 23.6 Å². The number of ether oxygens (including phenoxy) is 4. The van der Waals surface area contributed by atoms with Crippen molar-refractivity contribution in [1.29, 1.82) is 0 Å². The van der Waals surface area contributed by atoms with Crippen molar-refractivity contribution >= 4 is 29.6 Å². The third-order valence-electron chi connectivity index (χ3n) is 6.03. The normalized spacial score (nSPS) is 15.7. The Hall–Kier alpha value is -4.79. The number of amides is 4. The molecule has 9 heteroatoms. The fourth-order valence-electron chi connectivity index (χ4n) is 4.02. The lowest BCUT2D eigenvalue weighted by atomic mass is 10.1. The fraction of sp³-hybridized carbons (Fsp3) is 0.179. The molecule has 4 amide bonds. The van der Waals surface area contributed by atoms with E-state index >= 15 is 0 Å². The molecule has 2 heterocycles. The summed E-state index contributed by atoms with van der Waals surface area (Å²) in [7, 11) is 1.50. The van der Waals surface area contributed by atoms with Gasteiger partial charge in [-0.3, -0.25) is 14.9 Å². The minimum Gasteiger partial charge on any atom is -0.493 e. The maximum absolute atomic E-state index is 13.2. The number of nitrogens with one attached hydrogen (secondary N) is 1. The summed E-state index contributed by atoms with van der Waals surface area (Å²) in [5.74, 6) is 0.785. The number of urea groups is 1. The highest BCUT2D eigenvalue weighted by atomic mass is 16.7. The van der Waals surface area contributed by atoms with Crippen molar-refractivity contribution in [1.82, 2.24) is 5.32 Å². The average molecular weight is 501 g/mol. The van der Waals surface area contributed by atoms with Crippen molar-refractivity contribution in [2.45, 2.75) is 20.0 Å². The van der Waals surface area contributed by atoms with Crippen molar-refractivity contribution < 1.29 is 33.3 Å². The number of imide groups is 2. The van der Waals surface area contributed by atoms with Crippen LogP contribution >= 0.6 is 0 Å². The molecule has 0 radical (unpaired) electrons. The van der Waals surface area contributed by atoms with E-state index in [9.17, 15) is 14.4 Å². The van der Waals surface area contributed by atoms with Gasteiger partial charge in [0.1, 0.15) is 12.2 Å². The third-order valence-corrected chi connectivity index (χ3v) is 6.03. The van der Waals surface area contributed by atoms with Crippen LogP contribution < -0.4 is 29.2 Å². The number of barbiturate groups is 1. The molecule has 0 bridgehead atoms. The van der Waals surface area contributed by atoms with E-state index in [1.54, 1.807) is 30.3 Å². The Balaban J connectivity index is 1.36. The number of hydrogen-bond donors (Lipinski definition) is 1. The number of hydrogen-bond acceptors (Lipinski definition) is 7. The Kier molecular flexibility index (Phi) is 6.51. The topological polar surface area (TPSA) is 103 Å². The summed E-state index contributed by atoms with van der Waals surface area (Å²) in [6.45, 7) is 2.47. The molecule has 3 aromatic carbocycles. The van der Waals surface area contributed by atoms with E-state index in [1.165, 1.54) is 13.2 Å². The van der Waals surface area contributed by atoms with Gasteiger partial charge in [-0.1, -0.05) is 31.2 Å². The predicted molar refractivity (Wildman–Crippen MR) is 135 cm³/mol. The van der Waals surface area contributed by atoms with Crippen molar-refractivity contribution in [2.75, 3.05) is 18.8 Å². The van der Waals surface area contributed by atoms with E-state index in [-0.39, 0.29) is 19.0 Å². The highest BCUT2D eigenvalue weighted by Crippen LogP contribution is 2.34. The van der Waals surface area contributed by atoms with Crippen LogP contribution in [0.3, 0.4) is 0 Å². The minimum absolute atomic E-state index is 0.171. The summed E-state index contributed by atoms with van der Waals surface area (Å²) in [5, 5.41) is 2.24. The number of methoxy groups -OCH3 is 1.